The van der Waals surface area contributed by atoms with Crippen molar-refractivity contribution in [3.63, 3.8) is 0 Å². The Hall–Kier alpha value is -1.27. The molecule has 0 N–H and O–H groups in total. The van der Waals surface area contributed by atoms with Crippen molar-refractivity contribution in [2.45, 2.75) is 32.6 Å². The van der Waals surface area contributed by atoms with Crippen LogP contribution >= 0.6 is 11.6 Å². The first-order valence-electron chi connectivity index (χ1n) is 6.33. The van der Waals surface area contributed by atoms with E-state index in [1.165, 1.54) is 27.8 Å². The molecule has 0 aromatic heterocycles. The molecule has 1 unspecified atom stereocenters. The fraction of sp³-hybridized carbons (Fsp3) is 0.294. The third kappa shape index (κ3) is 2.94. The minimum absolute atomic E-state index is 0.0491. The average molecular weight is 259 g/mol. The Bertz CT molecular complexity index is 506. The van der Waals surface area contributed by atoms with Crippen LogP contribution in [-0.4, -0.2) is 0 Å². The summed E-state index contributed by atoms with van der Waals surface area (Å²) < 4.78 is 0. The molecule has 0 heterocycles. The zero-order valence-corrected chi connectivity index (χ0v) is 12.0. The van der Waals surface area contributed by atoms with Crippen LogP contribution < -0.4 is 0 Å². The summed E-state index contributed by atoms with van der Waals surface area (Å²) >= 11 is 6.60. The van der Waals surface area contributed by atoms with Crippen molar-refractivity contribution in [2.75, 3.05) is 0 Å². The highest BCUT2D eigenvalue weighted by Crippen LogP contribution is 2.31. The maximum absolute atomic E-state index is 6.60. The zero-order valence-electron chi connectivity index (χ0n) is 11.2. The predicted octanol–water partition coefficient (Wildman–Crippen LogP) is 5.13. The molecule has 0 radical (unpaired) electrons. The van der Waals surface area contributed by atoms with Crippen LogP contribution in [0.4, 0.5) is 0 Å². The summed E-state index contributed by atoms with van der Waals surface area (Å²) in [4.78, 5) is 0. The van der Waals surface area contributed by atoms with Crippen LogP contribution in [0.15, 0.2) is 42.5 Å². The third-order valence-corrected chi connectivity index (χ3v) is 3.68. The van der Waals surface area contributed by atoms with Crippen LogP contribution in [-0.2, 0) is 6.42 Å². The Balaban J connectivity index is 2.27. The molecule has 18 heavy (non-hydrogen) atoms. The summed E-state index contributed by atoms with van der Waals surface area (Å²) in [7, 11) is 0. The molecule has 1 heteroatoms. The van der Waals surface area contributed by atoms with E-state index in [4.69, 9.17) is 11.6 Å². The minimum Gasteiger partial charge on any atom is -0.117 e. The first-order valence-corrected chi connectivity index (χ1v) is 6.77. The molecule has 0 nitrogen and oxygen atoms in total. The molecule has 2 aromatic rings. The van der Waals surface area contributed by atoms with Crippen LogP contribution in [0, 0.1) is 20.8 Å². The van der Waals surface area contributed by atoms with Gasteiger partial charge < -0.3 is 0 Å². The van der Waals surface area contributed by atoms with Crippen LogP contribution in [0.1, 0.15) is 33.2 Å². The van der Waals surface area contributed by atoms with Gasteiger partial charge in [0, 0.05) is 0 Å². The number of alkyl halides is 1. The van der Waals surface area contributed by atoms with Gasteiger partial charge >= 0.3 is 0 Å². The molecule has 0 aliphatic carbocycles. The molecule has 2 aromatic carbocycles. The second-order valence-corrected chi connectivity index (χ2v) is 5.50. The Kier molecular flexibility index (Phi) is 4.08. The van der Waals surface area contributed by atoms with Gasteiger partial charge in [0.1, 0.15) is 0 Å². The van der Waals surface area contributed by atoms with Gasteiger partial charge in [0.15, 0.2) is 0 Å². The summed E-state index contributed by atoms with van der Waals surface area (Å²) in [6, 6.07) is 14.9. The summed E-state index contributed by atoms with van der Waals surface area (Å²) in [6.07, 6.45) is 0.882. The lowest BCUT2D eigenvalue weighted by molar-refractivity contribution is 0.898. The maximum Gasteiger partial charge on any atom is 0.0630 e. The fourth-order valence-electron chi connectivity index (χ4n) is 2.61. The smallest absolute Gasteiger partial charge is 0.0630 e. The van der Waals surface area contributed by atoms with Crippen molar-refractivity contribution < 1.29 is 0 Å². The largest absolute Gasteiger partial charge is 0.117 e. The first-order chi connectivity index (χ1) is 8.58. The van der Waals surface area contributed by atoms with E-state index in [1.807, 2.05) is 6.07 Å². The average Bonchev–Trinajstić information content (AvgIpc) is 2.28. The van der Waals surface area contributed by atoms with Crippen LogP contribution in [0.5, 0.6) is 0 Å². The maximum atomic E-state index is 6.60. The monoisotopic (exact) mass is 258 g/mol. The van der Waals surface area contributed by atoms with Crippen molar-refractivity contribution >= 4 is 11.6 Å². The van der Waals surface area contributed by atoms with E-state index in [9.17, 15) is 0 Å². The quantitative estimate of drug-likeness (QED) is 0.669. The molecule has 1 atom stereocenters. The number of hydrogen-bond acceptors (Lipinski definition) is 0. The zero-order chi connectivity index (χ0) is 13.1. The number of benzene rings is 2. The van der Waals surface area contributed by atoms with Crippen LogP contribution in [0.2, 0.25) is 0 Å². The SMILES string of the molecule is Cc1cc(C)c(C(Cl)Cc2ccccc2)c(C)c1. The van der Waals surface area contributed by atoms with Crippen molar-refractivity contribution in [2.24, 2.45) is 0 Å². The Morgan fingerprint density at radius 2 is 1.50 bits per heavy atom. The number of halogens is 1. The molecule has 0 saturated heterocycles. The van der Waals surface area contributed by atoms with Crippen molar-refractivity contribution in [1.29, 1.82) is 0 Å². The normalized spacial score (nSPS) is 12.4. The third-order valence-electron chi connectivity index (χ3n) is 3.31. The molecular weight excluding hydrogens is 240 g/mol. The van der Waals surface area contributed by atoms with Gasteiger partial charge in [0.05, 0.1) is 5.38 Å². The Morgan fingerprint density at radius 1 is 0.944 bits per heavy atom. The van der Waals surface area contributed by atoms with Gasteiger partial charge in [-0.15, -0.1) is 11.6 Å². The van der Waals surface area contributed by atoms with E-state index in [-0.39, 0.29) is 5.38 Å². The molecule has 94 valence electrons. The molecule has 0 aliphatic heterocycles. The Labute approximate surface area is 115 Å². The van der Waals surface area contributed by atoms with Gasteiger partial charge in [-0.25, -0.2) is 0 Å². The lowest BCUT2D eigenvalue weighted by Gasteiger charge is -2.17. The molecule has 0 spiro atoms. The van der Waals surface area contributed by atoms with Crippen molar-refractivity contribution in [1.82, 2.24) is 0 Å². The molecule has 0 amide bonds. The summed E-state index contributed by atoms with van der Waals surface area (Å²) in [5.74, 6) is 0. The van der Waals surface area contributed by atoms with Gasteiger partial charge in [-0.1, -0.05) is 48.0 Å². The number of rotatable bonds is 3. The van der Waals surface area contributed by atoms with Gasteiger partial charge in [-0.05, 0) is 49.4 Å². The van der Waals surface area contributed by atoms with E-state index in [1.54, 1.807) is 0 Å². The highest BCUT2D eigenvalue weighted by molar-refractivity contribution is 6.21. The van der Waals surface area contributed by atoms with Crippen LogP contribution in [0.25, 0.3) is 0 Å². The van der Waals surface area contributed by atoms with Crippen LogP contribution in [0.3, 0.4) is 0 Å². The lowest BCUT2D eigenvalue weighted by atomic mass is 9.94. The van der Waals surface area contributed by atoms with E-state index in [0.29, 0.717) is 0 Å². The van der Waals surface area contributed by atoms with Crippen molar-refractivity contribution in [3.05, 3.63) is 70.3 Å². The standard InChI is InChI=1S/C17H19Cl/c1-12-9-13(2)17(14(3)10-12)16(18)11-15-7-5-4-6-8-15/h4-10,16H,11H2,1-3H3. The van der Waals surface area contributed by atoms with E-state index in [2.05, 4.69) is 57.2 Å². The van der Waals surface area contributed by atoms with Gasteiger partial charge in [0.25, 0.3) is 0 Å². The summed E-state index contributed by atoms with van der Waals surface area (Å²) in [5, 5.41) is 0.0491. The van der Waals surface area contributed by atoms with Gasteiger partial charge in [-0.3, -0.25) is 0 Å². The number of hydrogen-bond donors (Lipinski definition) is 0. The first kappa shape index (κ1) is 13.2. The topological polar surface area (TPSA) is 0 Å². The summed E-state index contributed by atoms with van der Waals surface area (Å²) in [6.45, 7) is 6.43. The van der Waals surface area contributed by atoms with E-state index in [0.717, 1.165) is 6.42 Å². The molecular formula is C17H19Cl. The number of aryl methyl sites for hydroxylation is 3. The van der Waals surface area contributed by atoms with Crippen molar-refractivity contribution in [3.8, 4) is 0 Å². The fourth-order valence-corrected chi connectivity index (χ4v) is 3.13. The second kappa shape index (κ2) is 5.58. The molecule has 2 rings (SSSR count). The molecule has 0 fully saturated rings. The lowest BCUT2D eigenvalue weighted by Crippen LogP contribution is -2.02. The second-order valence-electron chi connectivity index (χ2n) is 4.97. The molecule has 0 aliphatic rings. The van der Waals surface area contributed by atoms with Gasteiger partial charge in [-0.2, -0.15) is 0 Å². The van der Waals surface area contributed by atoms with E-state index < -0.39 is 0 Å². The minimum atomic E-state index is 0.0491. The Morgan fingerprint density at radius 3 is 2.06 bits per heavy atom. The molecule has 0 bridgehead atoms. The predicted molar refractivity (Wildman–Crippen MR) is 79.4 cm³/mol. The summed E-state index contributed by atoms with van der Waals surface area (Å²) in [5.41, 5.74) is 6.46. The van der Waals surface area contributed by atoms with Gasteiger partial charge in [0.2, 0.25) is 0 Å². The van der Waals surface area contributed by atoms with E-state index >= 15 is 0 Å². The molecule has 0 saturated carbocycles. The highest BCUT2D eigenvalue weighted by atomic mass is 35.5. The highest BCUT2D eigenvalue weighted by Gasteiger charge is 2.14.